The van der Waals surface area contributed by atoms with Crippen molar-refractivity contribution in [2.45, 2.75) is 44.5 Å². The molecule has 0 saturated heterocycles. The highest BCUT2D eigenvalue weighted by Crippen LogP contribution is 2.35. The highest BCUT2D eigenvalue weighted by atomic mass is 16.5. The third kappa shape index (κ3) is 6.67. The van der Waals surface area contributed by atoms with Crippen molar-refractivity contribution in [3.8, 4) is 0 Å². The van der Waals surface area contributed by atoms with E-state index in [1.807, 2.05) is 91.0 Å². The van der Waals surface area contributed by atoms with Crippen molar-refractivity contribution >= 4 is 0 Å². The van der Waals surface area contributed by atoms with E-state index in [4.69, 9.17) is 19.7 Å². The lowest BCUT2D eigenvalue weighted by Crippen LogP contribution is -2.36. The Kier molecular flexibility index (Phi) is 8.50. The molecule has 170 valence electrons. The van der Waals surface area contributed by atoms with Crippen molar-refractivity contribution in [2.24, 2.45) is 11.0 Å². The topological polar surface area (TPSA) is 76.5 Å². The average molecular weight is 444 g/mol. The number of azide groups is 1. The number of nitrogens with zero attached hydrogens (tertiary/aromatic N) is 3. The molecule has 1 aliphatic carbocycles. The normalized spacial score (nSPS) is 22.1. The van der Waals surface area contributed by atoms with Crippen LogP contribution in [0.25, 0.3) is 10.4 Å². The molecule has 1 fully saturated rings. The number of rotatable bonds is 11. The molecule has 6 heteroatoms. The number of benzene rings is 3. The fourth-order valence-corrected chi connectivity index (χ4v) is 4.28. The van der Waals surface area contributed by atoms with Gasteiger partial charge in [0.05, 0.1) is 44.7 Å². The van der Waals surface area contributed by atoms with Gasteiger partial charge in [-0.1, -0.05) is 96.1 Å². The van der Waals surface area contributed by atoms with Gasteiger partial charge in [-0.2, -0.15) is 0 Å². The monoisotopic (exact) mass is 443 g/mol. The second-order valence-corrected chi connectivity index (χ2v) is 8.29. The summed E-state index contributed by atoms with van der Waals surface area (Å²) in [7, 11) is 0. The first-order valence-corrected chi connectivity index (χ1v) is 11.3. The highest BCUT2D eigenvalue weighted by Gasteiger charge is 2.44. The van der Waals surface area contributed by atoms with Gasteiger partial charge in [0, 0.05) is 10.8 Å². The Morgan fingerprint density at radius 3 is 1.70 bits per heavy atom. The van der Waals surface area contributed by atoms with Gasteiger partial charge in [0.25, 0.3) is 0 Å². The van der Waals surface area contributed by atoms with Crippen LogP contribution in [0.5, 0.6) is 0 Å². The molecular weight excluding hydrogens is 414 g/mol. The SMILES string of the molecule is [N-]=[N+]=N[C@H]1C[C@H](COCc2ccccc2)C(OCc2ccccc2)C1OCc1ccccc1. The van der Waals surface area contributed by atoms with Crippen LogP contribution in [-0.4, -0.2) is 24.9 Å². The zero-order chi connectivity index (χ0) is 22.7. The Balaban J connectivity index is 1.46. The van der Waals surface area contributed by atoms with Crippen LogP contribution >= 0.6 is 0 Å². The predicted molar refractivity (Wildman–Crippen MR) is 127 cm³/mol. The van der Waals surface area contributed by atoms with Crippen LogP contribution in [0, 0.1) is 5.92 Å². The fourth-order valence-electron chi connectivity index (χ4n) is 4.28. The first-order chi connectivity index (χ1) is 16.3. The van der Waals surface area contributed by atoms with Crippen molar-refractivity contribution in [2.75, 3.05) is 6.61 Å². The van der Waals surface area contributed by atoms with Crippen molar-refractivity contribution in [1.82, 2.24) is 0 Å². The molecule has 1 aliphatic rings. The van der Waals surface area contributed by atoms with Crippen molar-refractivity contribution in [3.63, 3.8) is 0 Å². The van der Waals surface area contributed by atoms with Gasteiger partial charge in [0.1, 0.15) is 0 Å². The molecule has 4 atom stereocenters. The van der Waals surface area contributed by atoms with Gasteiger partial charge in [-0.05, 0) is 28.6 Å². The zero-order valence-electron chi connectivity index (χ0n) is 18.6. The minimum atomic E-state index is -0.338. The van der Waals surface area contributed by atoms with E-state index in [1.54, 1.807) is 0 Å². The van der Waals surface area contributed by atoms with Gasteiger partial charge in [0.2, 0.25) is 0 Å². The quantitative estimate of drug-likeness (QED) is 0.205. The van der Waals surface area contributed by atoms with E-state index in [0.29, 0.717) is 32.8 Å². The third-order valence-electron chi connectivity index (χ3n) is 5.93. The van der Waals surface area contributed by atoms with E-state index in [0.717, 1.165) is 16.7 Å². The largest absolute Gasteiger partial charge is 0.376 e. The Labute approximate surface area is 194 Å². The molecule has 0 heterocycles. The molecule has 0 amide bonds. The lowest BCUT2D eigenvalue weighted by molar-refractivity contribution is -0.0976. The van der Waals surface area contributed by atoms with Crippen LogP contribution < -0.4 is 0 Å². The van der Waals surface area contributed by atoms with Crippen LogP contribution in [0.15, 0.2) is 96.1 Å². The molecular formula is C27H29N3O3. The summed E-state index contributed by atoms with van der Waals surface area (Å²) in [4.78, 5) is 3.09. The van der Waals surface area contributed by atoms with E-state index >= 15 is 0 Å². The summed E-state index contributed by atoms with van der Waals surface area (Å²) in [6, 6.07) is 29.9. The number of hydrogen-bond acceptors (Lipinski definition) is 4. The molecule has 0 bridgehead atoms. The Morgan fingerprint density at radius 2 is 1.18 bits per heavy atom. The summed E-state index contributed by atoms with van der Waals surface area (Å²) in [5.74, 6) is 0.0636. The van der Waals surface area contributed by atoms with Gasteiger partial charge >= 0.3 is 0 Å². The van der Waals surface area contributed by atoms with E-state index in [2.05, 4.69) is 10.0 Å². The molecule has 3 aromatic carbocycles. The Hall–Kier alpha value is -3.15. The molecule has 4 rings (SSSR count). The van der Waals surface area contributed by atoms with Gasteiger partial charge < -0.3 is 14.2 Å². The average Bonchev–Trinajstić information content (AvgIpc) is 3.19. The maximum atomic E-state index is 9.17. The van der Waals surface area contributed by atoms with Crippen molar-refractivity contribution < 1.29 is 14.2 Å². The molecule has 0 aliphatic heterocycles. The smallest absolute Gasteiger partial charge is 0.0929 e. The van der Waals surface area contributed by atoms with E-state index in [1.165, 1.54) is 0 Å². The Morgan fingerprint density at radius 1 is 0.697 bits per heavy atom. The molecule has 3 aromatic rings. The maximum absolute atomic E-state index is 9.17. The summed E-state index contributed by atoms with van der Waals surface area (Å²) < 4.78 is 18.8. The second kappa shape index (κ2) is 12.2. The highest BCUT2D eigenvalue weighted by molar-refractivity contribution is 5.15. The summed E-state index contributed by atoms with van der Waals surface area (Å²) in [5.41, 5.74) is 12.5. The third-order valence-corrected chi connectivity index (χ3v) is 5.93. The molecule has 33 heavy (non-hydrogen) atoms. The standard InChI is InChI=1S/C27H29N3O3/c28-30-29-25-16-24(20-31-17-21-10-4-1-5-11-21)26(32-18-22-12-6-2-7-13-22)27(25)33-19-23-14-8-3-9-15-23/h1-15,24-27H,16-20H2/t24-,25+,26?,27?/m1/s1. The van der Waals surface area contributed by atoms with E-state index in [-0.39, 0.29) is 24.2 Å². The summed E-state index contributed by atoms with van der Waals surface area (Å²) in [5, 5.41) is 4.06. The minimum absolute atomic E-state index is 0.0636. The van der Waals surface area contributed by atoms with E-state index < -0.39 is 0 Å². The van der Waals surface area contributed by atoms with Gasteiger partial charge in [-0.15, -0.1) is 0 Å². The number of ether oxygens (including phenoxy) is 3. The van der Waals surface area contributed by atoms with Crippen LogP contribution in [-0.2, 0) is 34.0 Å². The fraction of sp³-hybridized carbons (Fsp3) is 0.333. The van der Waals surface area contributed by atoms with Gasteiger partial charge in [-0.3, -0.25) is 0 Å². The molecule has 1 saturated carbocycles. The maximum Gasteiger partial charge on any atom is 0.0929 e. The lowest BCUT2D eigenvalue weighted by Gasteiger charge is -2.27. The molecule has 6 nitrogen and oxygen atoms in total. The van der Waals surface area contributed by atoms with Crippen LogP contribution in [0.4, 0.5) is 0 Å². The van der Waals surface area contributed by atoms with Crippen molar-refractivity contribution in [1.29, 1.82) is 0 Å². The van der Waals surface area contributed by atoms with Gasteiger partial charge in [-0.25, -0.2) is 0 Å². The first kappa shape index (κ1) is 23.0. The minimum Gasteiger partial charge on any atom is -0.376 e. The molecule has 2 unspecified atom stereocenters. The summed E-state index contributed by atoms with van der Waals surface area (Å²) in [6.07, 6.45) is 0.0907. The van der Waals surface area contributed by atoms with Crippen LogP contribution in [0.2, 0.25) is 0 Å². The van der Waals surface area contributed by atoms with Crippen LogP contribution in [0.1, 0.15) is 23.1 Å². The molecule has 0 radical (unpaired) electrons. The lowest BCUT2D eigenvalue weighted by atomic mass is 10.1. The number of hydrogen-bond donors (Lipinski definition) is 0. The predicted octanol–water partition coefficient (Wildman–Crippen LogP) is 6.07. The van der Waals surface area contributed by atoms with Crippen molar-refractivity contribution in [3.05, 3.63) is 118 Å². The molecule has 0 spiro atoms. The summed E-state index contributed by atoms with van der Waals surface area (Å²) >= 11 is 0. The Bertz CT molecular complexity index is 1010. The van der Waals surface area contributed by atoms with E-state index in [9.17, 15) is 0 Å². The summed E-state index contributed by atoms with van der Waals surface area (Å²) in [6.45, 7) is 1.95. The molecule has 0 aromatic heterocycles. The zero-order valence-corrected chi connectivity index (χ0v) is 18.6. The first-order valence-electron chi connectivity index (χ1n) is 11.3. The van der Waals surface area contributed by atoms with Gasteiger partial charge in [0.15, 0.2) is 0 Å². The van der Waals surface area contributed by atoms with Crippen LogP contribution in [0.3, 0.4) is 0 Å². The second-order valence-electron chi connectivity index (χ2n) is 8.29. The molecule has 0 N–H and O–H groups in total.